The molecule has 0 aliphatic carbocycles. The van der Waals surface area contributed by atoms with Gasteiger partial charge in [0.2, 0.25) is 11.8 Å². The molecule has 1 N–H and O–H groups in total. The number of benzene rings is 2. The molecule has 1 aliphatic rings. The number of amides is 2. The summed E-state index contributed by atoms with van der Waals surface area (Å²) in [5.74, 6) is -0.0736. The van der Waals surface area contributed by atoms with E-state index >= 15 is 0 Å². The lowest BCUT2D eigenvalue weighted by molar-refractivity contribution is -0.133. The maximum Gasteiger partial charge on any atom is 0.225 e. The quantitative estimate of drug-likeness (QED) is 0.877. The molecular weight excluding hydrogens is 348 g/mol. The van der Waals surface area contributed by atoms with E-state index in [0.717, 1.165) is 16.7 Å². The lowest BCUT2D eigenvalue weighted by atomic mass is 9.90. The minimum absolute atomic E-state index is 0.0360. The fourth-order valence-electron chi connectivity index (χ4n) is 3.71. The van der Waals surface area contributed by atoms with Crippen LogP contribution in [0.2, 0.25) is 0 Å². The van der Waals surface area contributed by atoms with Gasteiger partial charge in [-0.2, -0.15) is 0 Å². The number of nitrogens with one attached hydrogen (secondary N) is 1. The van der Waals surface area contributed by atoms with E-state index < -0.39 is 0 Å². The van der Waals surface area contributed by atoms with Gasteiger partial charge in [0.05, 0.1) is 5.92 Å². The standard InChI is InChI=1S/C24H30N2O2/c1-24(2,3)16-22(27)26-14-13-25-23(28)20(17-26)15-19-11-7-8-12-21(19)18-9-5-4-6-10-18/h4-12,20H,13-17H2,1-3H3,(H,25,28)/t20-/m1/s1. The van der Waals surface area contributed by atoms with Crippen LogP contribution in [0.4, 0.5) is 0 Å². The van der Waals surface area contributed by atoms with Crippen molar-refractivity contribution in [2.24, 2.45) is 11.3 Å². The van der Waals surface area contributed by atoms with Gasteiger partial charge in [-0.3, -0.25) is 9.59 Å². The van der Waals surface area contributed by atoms with Crippen molar-refractivity contribution in [1.82, 2.24) is 10.2 Å². The van der Waals surface area contributed by atoms with Crippen molar-refractivity contribution >= 4 is 11.8 Å². The van der Waals surface area contributed by atoms with Crippen molar-refractivity contribution in [2.75, 3.05) is 19.6 Å². The molecule has 0 bridgehead atoms. The van der Waals surface area contributed by atoms with Crippen LogP contribution in [0.1, 0.15) is 32.8 Å². The highest BCUT2D eigenvalue weighted by atomic mass is 16.2. The molecule has 4 heteroatoms. The Morgan fingerprint density at radius 3 is 2.46 bits per heavy atom. The predicted octanol–water partition coefficient (Wildman–Crippen LogP) is 3.91. The van der Waals surface area contributed by atoms with Crippen molar-refractivity contribution in [1.29, 1.82) is 0 Å². The van der Waals surface area contributed by atoms with Gasteiger partial charge in [0.15, 0.2) is 0 Å². The average molecular weight is 379 g/mol. The van der Waals surface area contributed by atoms with Crippen molar-refractivity contribution in [2.45, 2.75) is 33.6 Å². The third-order valence-corrected chi connectivity index (χ3v) is 5.10. The SMILES string of the molecule is CC(C)(C)CC(=O)N1CCNC(=O)[C@H](Cc2ccccc2-c2ccccc2)C1. The molecule has 0 radical (unpaired) electrons. The molecule has 2 aromatic rings. The topological polar surface area (TPSA) is 49.4 Å². The Morgan fingerprint density at radius 1 is 1.07 bits per heavy atom. The Hall–Kier alpha value is -2.62. The zero-order chi connectivity index (χ0) is 20.1. The maximum absolute atomic E-state index is 12.7. The van der Waals surface area contributed by atoms with Crippen LogP contribution >= 0.6 is 0 Å². The molecule has 2 aromatic carbocycles. The van der Waals surface area contributed by atoms with Crippen LogP contribution in [0.5, 0.6) is 0 Å². The van der Waals surface area contributed by atoms with Gasteiger partial charge >= 0.3 is 0 Å². The van der Waals surface area contributed by atoms with Gasteiger partial charge in [0.25, 0.3) is 0 Å². The summed E-state index contributed by atoms with van der Waals surface area (Å²) in [4.78, 5) is 27.3. The largest absolute Gasteiger partial charge is 0.354 e. The normalized spacial score (nSPS) is 17.8. The van der Waals surface area contributed by atoms with Crippen molar-refractivity contribution in [3.63, 3.8) is 0 Å². The van der Waals surface area contributed by atoms with Crippen LogP contribution < -0.4 is 5.32 Å². The van der Waals surface area contributed by atoms with Gasteiger partial charge in [0.1, 0.15) is 0 Å². The summed E-state index contributed by atoms with van der Waals surface area (Å²) >= 11 is 0. The molecular formula is C24H30N2O2. The average Bonchev–Trinajstić information content (AvgIpc) is 2.83. The summed E-state index contributed by atoms with van der Waals surface area (Å²) in [7, 11) is 0. The molecule has 0 saturated carbocycles. The Morgan fingerprint density at radius 2 is 1.75 bits per heavy atom. The van der Waals surface area contributed by atoms with E-state index in [1.54, 1.807) is 0 Å². The molecule has 0 spiro atoms. The molecule has 1 fully saturated rings. The predicted molar refractivity (Wildman–Crippen MR) is 113 cm³/mol. The monoisotopic (exact) mass is 378 g/mol. The highest BCUT2D eigenvalue weighted by Gasteiger charge is 2.30. The summed E-state index contributed by atoms with van der Waals surface area (Å²) in [6.07, 6.45) is 1.12. The summed E-state index contributed by atoms with van der Waals surface area (Å²) in [5, 5.41) is 2.99. The van der Waals surface area contributed by atoms with E-state index in [2.05, 4.69) is 50.4 Å². The molecule has 4 nitrogen and oxygen atoms in total. The van der Waals surface area contributed by atoms with Gasteiger partial charge in [-0.25, -0.2) is 0 Å². The Labute approximate surface area is 167 Å². The number of hydrogen-bond acceptors (Lipinski definition) is 2. The second kappa shape index (κ2) is 8.59. The van der Waals surface area contributed by atoms with E-state index in [0.29, 0.717) is 32.5 Å². The molecule has 1 saturated heterocycles. The van der Waals surface area contributed by atoms with E-state index in [1.807, 2.05) is 35.2 Å². The van der Waals surface area contributed by atoms with Gasteiger partial charge in [-0.15, -0.1) is 0 Å². The number of carbonyl (C=O) groups is 2. The van der Waals surface area contributed by atoms with E-state index in [1.165, 1.54) is 0 Å². The van der Waals surface area contributed by atoms with Crippen molar-refractivity contribution in [3.05, 3.63) is 60.2 Å². The second-order valence-corrected chi connectivity index (χ2v) is 8.79. The van der Waals surface area contributed by atoms with Gasteiger partial charge in [0, 0.05) is 26.1 Å². The van der Waals surface area contributed by atoms with Crippen LogP contribution in [0, 0.1) is 11.3 Å². The zero-order valence-corrected chi connectivity index (χ0v) is 17.1. The first kappa shape index (κ1) is 20.1. The Kier molecular flexibility index (Phi) is 6.18. The molecule has 148 valence electrons. The van der Waals surface area contributed by atoms with Gasteiger partial charge < -0.3 is 10.2 Å². The van der Waals surface area contributed by atoms with Gasteiger partial charge in [-0.1, -0.05) is 75.4 Å². The second-order valence-electron chi connectivity index (χ2n) is 8.79. The smallest absolute Gasteiger partial charge is 0.225 e. The van der Waals surface area contributed by atoms with Crippen LogP contribution in [-0.4, -0.2) is 36.3 Å². The fraction of sp³-hybridized carbons (Fsp3) is 0.417. The molecule has 1 aliphatic heterocycles. The minimum atomic E-state index is -0.240. The lowest BCUT2D eigenvalue weighted by Gasteiger charge is -2.27. The van der Waals surface area contributed by atoms with Crippen molar-refractivity contribution < 1.29 is 9.59 Å². The molecule has 1 heterocycles. The maximum atomic E-state index is 12.7. The highest BCUT2D eigenvalue weighted by Crippen LogP contribution is 2.27. The first-order chi connectivity index (χ1) is 13.3. The first-order valence-electron chi connectivity index (χ1n) is 10.0. The van der Waals surface area contributed by atoms with E-state index in [4.69, 9.17) is 0 Å². The first-order valence-corrected chi connectivity index (χ1v) is 10.0. The summed E-state index contributed by atoms with van der Waals surface area (Å²) in [5.41, 5.74) is 3.37. The molecule has 28 heavy (non-hydrogen) atoms. The molecule has 1 atom stereocenters. The fourth-order valence-corrected chi connectivity index (χ4v) is 3.71. The number of nitrogens with zero attached hydrogens (tertiary/aromatic N) is 1. The van der Waals surface area contributed by atoms with Gasteiger partial charge in [-0.05, 0) is 28.5 Å². The van der Waals surface area contributed by atoms with E-state index in [-0.39, 0.29) is 23.1 Å². The molecule has 2 amide bonds. The third kappa shape index (κ3) is 5.22. The van der Waals surface area contributed by atoms with Crippen LogP contribution in [0.25, 0.3) is 11.1 Å². The Balaban J connectivity index is 1.81. The minimum Gasteiger partial charge on any atom is -0.354 e. The summed E-state index contributed by atoms with van der Waals surface area (Å²) in [6, 6.07) is 18.5. The lowest BCUT2D eigenvalue weighted by Crippen LogP contribution is -2.38. The number of rotatable bonds is 4. The third-order valence-electron chi connectivity index (χ3n) is 5.10. The van der Waals surface area contributed by atoms with Crippen LogP contribution in [0.3, 0.4) is 0 Å². The highest BCUT2D eigenvalue weighted by molar-refractivity contribution is 5.82. The molecule has 0 unspecified atom stereocenters. The molecule has 0 aromatic heterocycles. The zero-order valence-electron chi connectivity index (χ0n) is 17.1. The molecule has 3 rings (SSSR count). The summed E-state index contributed by atoms with van der Waals surface area (Å²) in [6.45, 7) is 7.78. The number of carbonyl (C=O) groups excluding carboxylic acids is 2. The van der Waals surface area contributed by atoms with Crippen LogP contribution in [0.15, 0.2) is 54.6 Å². The number of hydrogen-bond donors (Lipinski definition) is 1. The van der Waals surface area contributed by atoms with E-state index in [9.17, 15) is 9.59 Å². The van der Waals surface area contributed by atoms with Crippen LogP contribution in [-0.2, 0) is 16.0 Å². The van der Waals surface area contributed by atoms with Crippen molar-refractivity contribution in [3.8, 4) is 11.1 Å². The Bertz CT molecular complexity index is 824. The summed E-state index contributed by atoms with van der Waals surface area (Å²) < 4.78 is 0.